The van der Waals surface area contributed by atoms with Gasteiger partial charge in [0.05, 0.1) is 0 Å². The molecule has 4 N–H and O–H groups in total. The molecule has 0 atom stereocenters. The average molecular weight is 326 g/mol. The minimum absolute atomic E-state index is 0.189. The molecule has 24 heavy (non-hydrogen) atoms. The quantitative estimate of drug-likeness (QED) is 0.694. The summed E-state index contributed by atoms with van der Waals surface area (Å²) < 4.78 is 0. The Balaban J connectivity index is 2.00. The summed E-state index contributed by atoms with van der Waals surface area (Å²) in [4.78, 5) is 34.2. The fourth-order valence-corrected chi connectivity index (χ4v) is 2.05. The van der Waals surface area contributed by atoms with E-state index in [1.807, 2.05) is 0 Å². The maximum absolute atomic E-state index is 12.1. The Kier molecular flexibility index (Phi) is 5.51. The first kappa shape index (κ1) is 17.0. The van der Waals surface area contributed by atoms with Gasteiger partial charge in [0.2, 0.25) is 11.8 Å². The second-order valence-electron chi connectivity index (χ2n) is 5.10. The lowest BCUT2D eigenvalue weighted by Crippen LogP contribution is -2.19. The number of hydrogen-bond donors (Lipinski definition) is 4. The van der Waals surface area contributed by atoms with Crippen molar-refractivity contribution < 1.29 is 14.4 Å². The minimum atomic E-state index is -0.435. The zero-order chi connectivity index (χ0) is 17.5. The molecule has 4 amide bonds. The van der Waals surface area contributed by atoms with E-state index in [0.717, 1.165) is 0 Å². The van der Waals surface area contributed by atoms with Gasteiger partial charge >= 0.3 is 6.03 Å². The summed E-state index contributed by atoms with van der Waals surface area (Å²) in [5.41, 5.74) is 2.26. The van der Waals surface area contributed by atoms with Crippen LogP contribution in [-0.2, 0) is 9.59 Å². The van der Waals surface area contributed by atoms with Crippen LogP contribution in [0, 0.1) is 0 Å². The van der Waals surface area contributed by atoms with Gasteiger partial charge in [-0.3, -0.25) is 9.59 Å². The largest absolute Gasteiger partial charge is 0.326 e. The minimum Gasteiger partial charge on any atom is -0.326 e. The predicted molar refractivity (Wildman–Crippen MR) is 94.1 cm³/mol. The highest BCUT2D eigenvalue weighted by Gasteiger charge is 2.05. The van der Waals surface area contributed by atoms with Crippen LogP contribution in [0.25, 0.3) is 0 Å². The first-order chi connectivity index (χ1) is 11.4. The highest BCUT2D eigenvalue weighted by atomic mass is 16.2. The number of urea groups is 1. The molecule has 0 aromatic heterocycles. The number of carbonyl (C=O) groups excluding carboxylic acids is 3. The Morgan fingerprint density at radius 1 is 0.625 bits per heavy atom. The molecule has 0 aliphatic rings. The number of benzene rings is 2. The molecule has 0 fully saturated rings. The van der Waals surface area contributed by atoms with E-state index in [2.05, 4.69) is 21.3 Å². The molecular weight excluding hydrogens is 308 g/mol. The maximum atomic E-state index is 12.1. The van der Waals surface area contributed by atoms with Gasteiger partial charge in [-0.25, -0.2) is 4.79 Å². The molecule has 2 aromatic rings. The molecule has 7 heteroatoms. The van der Waals surface area contributed by atoms with Gasteiger partial charge in [0.25, 0.3) is 0 Å². The summed E-state index contributed by atoms with van der Waals surface area (Å²) in [6, 6.07) is 13.2. The number of anilines is 4. The van der Waals surface area contributed by atoms with Gasteiger partial charge in [0, 0.05) is 36.6 Å². The summed E-state index contributed by atoms with van der Waals surface area (Å²) in [5.74, 6) is -0.377. The fraction of sp³-hybridized carbons (Fsp3) is 0.118. The van der Waals surface area contributed by atoms with E-state index in [4.69, 9.17) is 0 Å². The van der Waals surface area contributed by atoms with Crippen molar-refractivity contribution in [2.45, 2.75) is 13.8 Å². The van der Waals surface area contributed by atoms with Crippen molar-refractivity contribution in [3.8, 4) is 0 Å². The van der Waals surface area contributed by atoms with Crippen LogP contribution in [0.2, 0.25) is 0 Å². The van der Waals surface area contributed by atoms with Crippen molar-refractivity contribution in [3.63, 3.8) is 0 Å². The van der Waals surface area contributed by atoms with Gasteiger partial charge in [-0.15, -0.1) is 0 Å². The Bertz CT molecular complexity index is 710. The Morgan fingerprint density at radius 2 is 0.958 bits per heavy atom. The van der Waals surface area contributed by atoms with Crippen molar-refractivity contribution in [2.24, 2.45) is 0 Å². The third kappa shape index (κ3) is 5.45. The van der Waals surface area contributed by atoms with Crippen molar-refractivity contribution in [2.75, 3.05) is 21.3 Å². The van der Waals surface area contributed by atoms with Gasteiger partial charge in [-0.2, -0.15) is 0 Å². The van der Waals surface area contributed by atoms with Gasteiger partial charge in [-0.05, 0) is 36.4 Å². The Hall–Kier alpha value is -3.35. The third-order valence-electron chi connectivity index (χ3n) is 2.88. The van der Waals surface area contributed by atoms with E-state index in [0.29, 0.717) is 22.7 Å². The van der Waals surface area contributed by atoms with Gasteiger partial charge < -0.3 is 21.3 Å². The first-order valence-electron chi connectivity index (χ1n) is 7.26. The van der Waals surface area contributed by atoms with E-state index >= 15 is 0 Å². The molecule has 0 saturated carbocycles. The summed E-state index contributed by atoms with van der Waals surface area (Å²) in [7, 11) is 0. The SMILES string of the molecule is CC(=O)Nc1cccc(NC(=O)Nc2cccc(NC(C)=O)c2)c1. The van der Waals surface area contributed by atoms with Crippen LogP contribution in [0.1, 0.15) is 13.8 Å². The van der Waals surface area contributed by atoms with E-state index in [1.165, 1.54) is 13.8 Å². The molecule has 2 rings (SSSR count). The maximum Gasteiger partial charge on any atom is 0.323 e. The highest BCUT2D eigenvalue weighted by molar-refractivity contribution is 6.01. The van der Waals surface area contributed by atoms with E-state index in [1.54, 1.807) is 48.5 Å². The molecule has 0 bridgehead atoms. The molecule has 0 radical (unpaired) electrons. The summed E-state index contributed by atoms with van der Waals surface area (Å²) in [6.07, 6.45) is 0. The Morgan fingerprint density at radius 3 is 1.29 bits per heavy atom. The fourth-order valence-electron chi connectivity index (χ4n) is 2.05. The van der Waals surface area contributed by atoms with E-state index in [-0.39, 0.29) is 11.8 Å². The lowest BCUT2D eigenvalue weighted by Gasteiger charge is -2.10. The highest BCUT2D eigenvalue weighted by Crippen LogP contribution is 2.17. The second kappa shape index (κ2) is 7.77. The van der Waals surface area contributed by atoms with Crippen LogP contribution in [0.5, 0.6) is 0 Å². The lowest BCUT2D eigenvalue weighted by atomic mass is 10.2. The second-order valence-corrected chi connectivity index (χ2v) is 5.10. The molecular formula is C17H18N4O3. The molecule has 0 saturated heterocycles. The molecule has 0 spiro atoms. The van der Waals surface area contributed by atoms with Crippen molar-refractivity contribution in [1.82, 2.24) is 0 Å². The smallest absolute Gasteiger partial charge is 0.323 e. The van der Waals surface area contributed by atoms with Gasteiger partial charge in [-0.1, -0.05) is 12.1 Å². The molecule has 0 aliphatic heterocycles. The molecule has 2 aromatic carbocycles. The van der Waals surface area contributed by atoms with Crippen LogP contribution in [0.4, 0.5) is 27.5 Å². The van der Waals surface area contributed by atoms with E-state index in [9.17, 15) is 14.4 Å². The summed E-state index contributed by atoms with van der Waals surface area (Å²) in [6.45, 7) is 2.82. The number of nitrogens with one attached hydrogen (secondary N) is 4. The van der Waals surface area contributed by atoms with E-state index < -0.39 is 6.03 Å². The van der Waals surface area contributed by atoms with Gasteiger partial charge in [0.15, 0.2) is 0 Å². The van der Waals surface area contributed by atoms with Crippen LogP contribution in [0.15, 0.2) is 48.5 Å². The normalized spacial score (nSPS) is 9.75. The topological polar surface area (TPSA) is 99.3 Å². The number of hydrogen-bond acceptors (Lipinski definition) is 3. The number of rotatable bonds is 4. The zero-order valence-electron chi connectivity index (χ0n) is 13.3. The summed E-state index contributed by atoms with van der Waals surface area (Å²) >= 11 is 0. The molecule has 0 aliphatic carbocycles. The van der Waals surface area contributed by atoms with Crippen molar-refractivity contribution >= 4 is 40.6 Å². The van der Waals surface area contributed by atoms with Crippen LogP contribution in [-0.4, -0.2) is 17.8 Å². The van der Waals surface area contributed by atoms with Crippen molar-refractivity contribution in [1.29, 1.82) is 0 Å². The van der Waals surface area contributed by atoms with Crippen LogP contribution in [0.3, 0.4) is 0 Å². The molecule has 124 valence electrons. The van der Waals surface area contributed by atoms with Crippen molar-refractivity contribution in [3.05, 3.63) is 48.5 Å². The lowest BCUT2D eigenvalue weighted by molar-refractivity contribution is -0.115. The molecule has 0 heterocycles. The standard InChI is InChI=1S/C17H18N4O3/c1-11(22)18-13-5-3-7-15(9-13)20-17(24)21-16-8-4-6-14(10-16)19-12(2)23/h3-10H,1-2H3,(H,18,22)(H,19,23)(H2,20,21,24). The number of amides is 4. The zero-order valence-corrected chi connectivity index (χ0v) is 13.3. The van der Waals surface area contributed by atoms with Crippen LogP contribution < -0.4 is 21.3 Å². The Labute approximate surface area is 139 Å². The van der Waals surface area contributed by atoms with Gasteiger partial charge in [0.1, 0.15) is 0 Å². The predicted octanol–water partition coefficient (Wildman–Crippen LogP) is 3.25. The monoisotopic (exact) mass is 326 g/mol. The third-order valence-corrected chi connectivity index (χ3v) is 2.88. The molecule has 7 nitrogen and oxygen atoms in total. The van der Waals surface area contributed by atoms with Crippen LogP contribution >= 0.6 is 0 Å². The summed E-state index contributed by atoms with van der Waals surface area (Å²) in [5, 5.41) is 10.6. The first-order valence-corrected chi connectivity index (χ1v) is 7.26. The molecule has 0 unspecified atom stereocenters. The number of carbonyl (C=O) groups is 3. The average Bonchev–Trinajstić information content (AvgIpc) is 2.46.